The van der Waals surface area contributed by atoms with E-state index in [-0.39, 0.29) is 6.61 Å². The minimum absolute atomic E-state index is 0.135. The first-order valence-electron chi connectivity index (χ1n) is 11.4. The molecule has 0 saturated heterocycles. The van der Waals surface area contributed by atoms with E-state index in [1.807, 2.05) is 36.4 Å². The summed E-state index contributed by atoms with van der Waals surface area (Å²) in [5, 5.41) is 17.8. The number of carbonyl (C=O) groups excluding carboxylic acids is 1. The van der Waals surface area contributed by atoms with Gasteiger partial charge in [0.15, 0.2) is 0 Å². The van der Waals surface area contributed by atoms with Gasteiger partial charge >= 0.3 is 12.1 Å². The maximum absolute atomic E-state index is 13.4. The minimum atomic E-state index is -4.89. The number of aliphatic hydroxyl groups is 1. The van der Waals surface area contributed by atoms with Gasteiger partial charge in [-0.2, -0.15) is 18.3 Å². The number of nitrogens with zero attached hydrogens (tertiary/aromatic N) is 2. The number of esters is 1. The first-order valence-corrected chi connectivity index (χ1v) is 11.4. The molecule has 1 heterocycles. The van der Waals surface area contributed by atoms with Gasteiger partial charge in [-0.25, -0.2) is 9.48 Å². The minimum Gasteiger partial charge on any atom is -0.457 e. The molecule has 2 N–H and O–H groups in total. The van der Waals surface area contributed by atoms with E-state index in [0.29, 0.717) is 27.8 Å². The molecular weight excluding hydrogens is 487 g/mol. The van der Waals surface area contributed by atoms with Crippen molar-refractivity contribution in [2.24, 2.45) is 0 Å². The average molecular weight is 514 g/mol. The van der Waals surface area contributed by atoms with E-state index >= 15 is 0 Å². The number of benzene rings is 3. The van der Waals surface area contributed by atoms with E-state index in [9.17, 15) is 23.1 Å². The Hall–Kier alpha value is -3.89. The third-order valence-electron chi connectivity index (χ3n) is 5.85. The summed E-state index contributed by atoms with van der Waals surface area (Å²) in [4.78, 5) is 12.6. The average Bonchev–Trinajstić information content (AvgIpc) is 3.30. The summed E-state index contributed by atoms with van der Waals surface area (Å²) in [5.41, 5.74) is 0.450. The number of fused-ring (bicyclic) bond motifs is 1. The molecular formula is C27H26F3N3O4. The summed E-state index contributed by atoms with van der Waals surface area (Å²) in [6.45, 7) is 0.211. The van der Waals surface area contributed by atoms with Crippen molar-refractivity contribution in [2.75, 3.05) is 25.6 Å². The van der Waals surface area contributed by atoms with Gasteiger partial charge in [-0.3, -0.25) is 0 Å². The summed E-state index contributed by atoms with van der Waals surface area (Å²) in [7, 11) is 1.09. The van der Waals surface area contributed by atoms with Crippen LogP contribution in [-0.4, -0.2) is 52.9 Å². The highest BCUT2D eigenvalue weighted by Gasteiger charge is 2.53. The number of carbonyl (C=O) groups is 1. The van der Waals surface area contributed by atoms with Gasteiger partial charge in [-0.15, -0.1) is 0 Å². The molecule has 0 aliphatic carbocycles. The number of halogens is 3. The smallest absolute Gasteiger partial charge is 0.421 e. The molecule has 37 heavy (non-hydrogen) atoms. The van der Waals surface area contributed by atoms with Gasteiger partial charge in [-0.05, 0) is 48.4 Å². The summed E-state index contributed by atoms with van der Waals surface area (Å²) in [5.74, 6) is -0.495. The van der Waals surface area contributed by atoms with E-state index in [4.69, 9.17) is 4.74 Å². The van der Waals surface area contributed by atoms with E-state index in [1.165, 1.54) is 6.20 Å². The predicted octanol–water partition coefficient (Wildman–Crippen LogP) is 5.04. The second-order valence-corrected chi connectivity index (χ2v) is 8.73. The van der Waals surface area contributed by atoms with E-state index in [2.05, 4.69) is 15.2 Å². The molecule has 0 aliphatic rings. The number of rotatable bonds is 9. The molecule has 1 atom stereocenters. The Bertz CT molecular complexity index is 1390. The summed E-state index contributed by atoms with van der Waals surface area (Å²) in [6.07, 6.45) is -3.38. The van der Waals surface area contributed by atoms with Crippen molar-refractivity contribution in [3.63, 3.8) is 0 Å². The summed E-state index contributed by atoms with van der Waals surface area (Å²) < 4.78 is 51.9. The molecule has 0 saturated carbocycles. The molecule has 4 aromatic rings. The zero-order chi connectivity index (χ0) is 26.6. The maximum atomic E-state index is 13.4. The zero-order valence-corrected chi connectivity index (χ0v) is 20.2. The molecule has 3 aromatic carbocycles. The fourth-order valence-corrected chi connectivity index (χ4v) is 3.90. The number of nitrogens with one attached hydrogen (secondary N) is 1. The number of hydrogen-bond donors (Lipinski definition) is 2. The molecule has 0 aliphatic heterocycles. The Morgan fingerprint density at radius 2 is 1.84 bits per heavy atom. The van der Waals surface area contributed by atoms with Crippen molar-refractivity contribution in [1.29, 1.82) is 0 Å². The van der Waals surface area contributed by atoms with Gasteiger partial charge in [-0.1, -0.05) is 36.4 Å². The van der Waals surface area contributed by atoms with Gasteiger partial charge in [0.05, 0.1) is 36.1 Å². The maximum Gasteiger partial charge on any atom is 0.421 e. The van der Waals surface area contributed by atoms with Crippen LogP contribution >= 0.6 is 0 Å². The van der Waals surface area contributed by atoms with Crippen LogP contribution in [0.25, 0.3) is 16.6 Å². The predicted molar refractivity (Wildman–Crippen MR) is 133 cm³/mol. The highest BCUT2D eigenvalue weighted by Crippen LogP contribution is 2.33. The van der Waals surface area contributed by atoms with Crippen LogP contribution in [0.5, 0.6) is 0 Å². The number of aromatic nitrogens is 2. The van der Waals surface area contributed by atoms with E-state index < -0.39 is 30.9 Å². The van der Waals surface area contributed by atoms with Gasteiger partial charge in [0, 0.05) is 18.2 Å². The Labute approximate surface area is 211 Å². The second-order valence-electron chi connectivity index (χ2n) is 8.73. The van der Waals surface area contributed by atoms with Crippen LogP contribution < -0.4 is 5.32 Å². The topological polar surface area (TPSA) is 85.6 Å². The van der Waals surface area contributed by atoms with Crippen LogP contribution in [-0.2, 0) is 16.1 Å². The van der Waals surface area contributed by atoms with Crippen LogP contribution in [0.15, 0.2) is 72.9 Å². The molecule has 0 spiro atoms. The molecule has 4 rings (SSSR count). The molecule has 0 bridgehead atoms. The lowest BCUT2D eigenvalue weighted by atomic mass is 10.0. The number of aryl methyl sites for hydroxylation is 1. The van der Waals surface area contributed by atoms with Crippen LogP contribution in [0.3, 0.4) is 0 Å². The van der Waals surface area contributed by atoms with Crippen LogP contribution in [0.2, 0.25) is 0 Å². The molecule has 0 fully saturated rings. The van der Waals surface area contributed by atoms with Gasteiger partial charge < -0.3 is 19.9 Å². The number of ether oxygens (including phenoxy) is 2. The SMILES string of the molecule is COCC(O)(CNc1cc(C)cc2c1cnn2-c1cccc(C(=O)OCc2ccccc2)c1)C(F)(F)F. The number of methoxy groups -OCH3 is 1. The van der Waals surface area contributed by atoms with Crippen molar-refractivity contribution in [3.8, 4) is 5.69 Å². The van der Waals surface area contributed by atoms with Crippen molar-refractivity contribution >= 4 is 22.6 Å². The van der Waals surface area contributed by atoms with Crippen molar-refractivity contribution < 1.29 is 32.5 Å². The molecule has 10 heteroatoms. The van der Waals surface area contributed by atoms with Crippen molar-refractivity contribution in [1.82, 2.24) is 9.78 Å². The lowest BCUT2D eigenvalue weighted by molar-refractivity contribution is -0.267. The Balaban J connectivity index is 1.59. The zero-order valence-electron chi connectivity index (χ0n) is 20.2. The third kappa shape index (κ3) is 5.76. The molecule has 7 nitrogen and oxygen atoms in total. The van der Waals surface area contributed by atoms with Crippen molar-refractivity contribution in [3.05, 3.63) is 89.6 Å². The highest BCUT2D eigenvalue weighted by molar-refractivity contribution is 5.94. The van der Waals surface area contributed by atoms with E-state index in [0.717, 1.165) is 18.2 Å². The monoisotopic (exact) mass is 513 g/mol. The molecule has 0 radical (unpaired) electrons. The number of hydrogen-bond acceptors (Lipinski definition) is 6. The fraction of sp³-hybridized carbons (Fsp3) is 0.259. The van der Waals surface area contributed by atoms with Crippen LogP contribution in [0.1, 0.15) is 21.5 Å². The lowest BCUT2D eigenvalue weighted by Gasteiger charge is -2.30. The number of anilines is 1. The van der Waals surface area contributed by atoms with Crippen LogP contribution in [0, 0.1) is 6.92 Å². The van der Waals surface area contributed by atoms with Gasteiger partial charge in [0.2, 0.25) is 5.60 Å². The van der Waals surface area contributed by atoms with E-state index in [1.54, 1.807) is 41.9 Å². The lowest BCUT2D eigenvalue weighted by Crippen LogP contribution is -2.54. The summed E-state index contributed by atoms with van der Waals surface area (Å²) in [6, 6.07) is 19.6. The second kappa shape index (κ2) is 10.6. The Morgan fingerprint density at radius 3 is 2.54 bits per heavy atom. The molecule has 0 amide bonds. The molecule has 1 aromatic heterocycles. The molecule has 194 valence electrons. The Morgan fingerprint density at radius 1 is 1.08 bits per heavy atom. The van der Waals surface area contributed by atoms with Gasteiger partial charge in [0.1, 0.15) is 6.61 Å². The fourth-order valence-electron chi connectivity index (χ4n) is 3.90. The van der Waals surface area contributed by atoms with Crippen molar-refractivity contribution in [2.45, 2.75) is 25.3 Å². The van der Waals surface area contributed by atoms with Gasteiger partial charge in [0.25, 0.3) is 0 Å². The number of alkyl halides is 3. The third-order valence-corrected chi connectivity index (χ3v) is 5.85. The van der Waals surface area contributed by atoms with Crippen LogP contribution in [0.4, 0.5) is 18.9 Å². The standard InChI is InChI=1S/C27H26F3N3O4/c1-18-11-23(31-16-26(35,17-36-2)27(28,29)30)22-14-32-33(24(22)12-18)21-10-6-9-20(13-21)25(34)37-15-19-7-4-3-5-8-19/h3-14,31,35H,15-17H2,1-2H3. The largest absolute Gasteiger partial charge is 0.457 e. The first kappa shape index (κ1) is 26.2. The summed E-state index contributed by atoms with van der Waals surface area (Å²) >= 11 is 0. The quantitative estimate of drug-likeness (QED) is 0.305. The normalized spacial score (nSPS) is 13.4. The molecule has 1 unspecified atom stereocenters. The first-order chi connectivity index (χ1) is 17.6. The highest BCUT2D eigenvalue weighted by atomic mass is 19.4. The Kier molecular flexibility index (Phi) is 7.51.